The lowest BCUT2D eigenvalue weighted by Gasteiger charge is -2.34. The van der Waals surface area contributed by atoms with Crippen LogP contribution in [0, 0.1) is 5.92 Å². The fraction of sp³-hybridized carbons (Fsp3) is 0.529. The molecule has 1 heterocycles. The highest BCUT2D eigenvalue weighted by Crippen LogP contribution is 2.30. The molecule has 1 aliphatic heterocycles. The first kappa shape index (κ1) is 18.9. The van der Waals surface area contributed by atoms with Gasteiger partial charge in [-0.05, 0) is 38.8 Å². The van der Waals surface area contributed by atoms with Crippen LogP contribution in [0.25, 0.3) is 0 Å². The molecule has 1 atom stereocenters. The van der Waals surface area contributed by atoms with Gasteiger partial charge in [0.1, 0.15) is 0 Å². The van der Waals surface area contributed by atoms with Gasteiger partial charge in [0.25, 0.3) is 0 Å². The number of amides is 3. The van der Waals surface area contributed by atoms with E-state index in [4.69, 9.17) is 23.2 Å². The number of carbonyl (C=O) groups is 2. The Bertz CT molecular complexity index is 605. The summed E-state index contributed by atoms with van der Waals surface area (Å²) in [6.07, 6.45) is 1.63. The molecule has 0 radical (unpaired) electrons. The predicted molar refractivity (Wildman–Crippen MR) is 97.7 cm³/mol. The van der Waals surface area contributed by atoms with Crippen LogP contribution in [0.15, 0.2) is 18.2 Å². The molecule has 2 rings (SSSR count). The van der Waals surface area contributed by atoms with Crippen molar-refractivity contribution in [1.29, 1.82) is 0 Å². The van der Waals surface area contributed by atoms with E-state index in [1.54, 1.807) is 23.1 Å². The summed E-state index contributed by atoms with van der Waals surface area (Å²) in [5.74, 6) is -0.0162. The van der Waals surface area contributed by atoms with Crippen molar-refractivity contribution in [3.63, 3.8) is 0 Å². The number of likely N-dealkylation sites (tertiary alicyclic amines) is 1. The topological polar surface area (TPSA) is 52.7 Å². The molecule has 0 aromatic heterocycles. The number of carbonyl (C=O) groups excluding carboxylic acids is 2. The smallest absolute Gasteiger partial charge is 0.321 e. The van der Waals surface area contributed by atoms with Crippen LogP contribution in [0.3, 0.4) is 0 Å². The molecule has 1 N–H and O–H groups in total. The molecule has 1 aromatic rings. The molecule has 0 aliphatic carbocycles. The van der Waals surface area contributed by atoms with Crippen LogP contribution in [0.1, 0.15) is 26.7 Å². The summed E-state index contributed by atoms with van der Waals surface area (Å²) in [5.41, 5.74) is 0.478. The van der Waals surface area contributed by atoms with Crippen molar-refractivity contribution in [3.05, 3.63) is 28.2 Å². The standard InChI is InChI=1S/C17H23Cl2N3O2/c1-3-21(4-2)16(23)12-7-6-10-22(11-12)17(24)20-14-9-5-8-13(18)15(14)19/h5,8-9,12H,3-4,6-7,10-11H2,1-2H3,(H,20,24). The number of hydrogen-bond acceptors (Lipinski definition) is 2. The number of piperidine rings is 1. The third-order valence-electron chi connectivity index (χ3n) is 4.33. The van der Waals surface area contributed by atoms with Gasteiger partial charge in [0, 0.05) is 26.2 Å². The zero-order chi connectivity index (χ0) is 17.7. The maximum atomic E-state index is 12.5. The summed E-state index contributed by atoms with van der Waals surface area (Å²) < 4.78 is 0. The molecule has 3 amide bonds. The molecule has 0 bridgehead atoms. The zero-order valence-corrected chi connectivity index (χ0v) is 15.5. The number of hydrogen-bond donors (Lipinski definition) is 1. The molecule has 0 saturated carbocycles. The van der Waals surface area contributed by atoms with Crippen molar-refractivity contribution in [2.24, 2.45) is 5.92 Å². The maximum absolute atomic E-state index is 12.5. The average Bonchev–Trinajstić information content (AvgIpc) is 2.60. The summed E-state index contributed by atoms with van der Waals surface area (Å²) in [6, 6.07) is 4.84. The number of halogens is 2. The Morgan fingerprint density at radius 1 is 1.29 bits per heavy atom. The minimum Gasteiger partial charge on any atom is -0.343 e. The normalized spacial score (nSPS) is 17.5. The Kier molecular flexibility index (Phi) is 6.75. The first-order chi connectivity index (χ1) is 11.5. The van der Waals surface area contributed by atoms with Gasteiger partial charge in [0.15, 0.2) is 0 Å². The summed E-state index contributed by atoms with van der Waals surface area (Å²) in [4.78, 5) is 28.5. The minimum atomic E-state index is -0.254. The van der Waals surface area contributed by atoms with E-state index in [1.807, 2.05) is 18.7 Å². The largest absolute Gasteiger partial charge is 0.343 e. The van der Waals surface area contributed by atoms with E-state index in [-0.39, 0.29) is 17.9 Å². The van der Waals surface area contributed by atoms with E-state index in [0.717, 1.165) is 12.8 Å². The lowest BCUT2D eigenvalue weighted by Crippen LogP contribution is -2.48. The lowest BCUT2D eigenvalue weighted by molar-refractivity contribution is -0.136. The number of nitrogens with zero attached hydrogens (tertiary/aromatic N) is 2. The molecule has 1 unspecified atom stereocenters. The Morgan fingerprint density at radius 2 is 2.00 bits per heavy atom. The summed E-state index contributed by atoms with van der Waals surface area (Å²) in [6.45, 7) is 6.38. The van der Waals surface area contributed by atoms with E-state index in [0.29, 0.717) is 41.9 Å². The second-order valence-corrected chi connectivity index (χ2v) is 6.61. The van der Waals surface area contributed by atoms with Crippen LogP contribution in [-0.4, -0.2) is 47.9 Å². The molecule has 1 saturated heterocycles. The number of benzene rings is 1. The molecule has 24 heavy (non-hydrogen) atoms. The van der Waals surface area contributed by atoms with Crippen LogP contribution < -0.4 is 5.32 Å². The molecule has 7 heteroatoms. The number of urea groups is 1. The molecule has 1 aromatic carbocycles. The second kappa shape index (κ2) is 8.58. The van der Waals surface area contributed by atoms with Gasteiger partial charge in [-0.2, -0.15) is 0 Å². The van der Waals surface area contributed by atoms with E-state index >= 15 is 0 Å². The summed E-state index contributed by atoms with van der Waals surface area (Å²) in [5, 5.41) is 3.49. The van der Waals surface area contributed by atoms with Crippen molar-refractivity contribution in [3.8, 4) is 0 Å². The van der Waals surface area contributed by atoms with Gasteiger partial charge in [0.05, 0.1) is 21.7 Å². The van der Waals surface area contributed by atoms with Crippen LogP contribution in [0.5, 0.6) is 0 Å². The highest BCUT2D eigenvalue weighted by molar-refractivity contribution is 6.43. The van der Waals surface area contributed by atoms with Gasteiger partial charge < -0.3 is 15.1 Å². The molecule has 1 fully saturated rings. The average molecular weight is 372 g/mol. The van der Waals surface area contributed by atoms with Crippen LogP contribution in [-0.2, 0) is 4.79 Å². The van der Waals surface area contributed by atoms with Gasteiger partial charge in [-0.3, -0.25) is 4.79 Å². The van der Waals surface area contributed by atoms with Crippen molar-refractivity contribution < 1.29 is 9.59 Å². The Balaban J connectivity index is 2.02. The van der Waals surface area contributed by atoms with Gasteiger partial charge >= 0.3 is 6.03 Å². The van der Waals surface area contributed by atoms with E-state index < -0.39 is 0 Å². The fourth-order valence-corrected chi connectivity index (χ4v) is 3.30. The molecule has 132 valence electrons. The maximum Gasteiger partial charge on any atom is 0.321 e. The van der Waals surface area contributed by atoms with Gasteiger partial charge in [-0.15, -0.1) is 0 Å². The van der Waals surface area contributed by atoms with Crippen molar-refractivity contribution >= 4 is 40.8 Å². The number of anilines is 1. The van der Waals surface area contributed by atoms with Crippen LogP contribution in [0.2, 0.25) is 10.0 Å². The van der Waals surface area contributed by atoms with E-state index in [2.05, 4.69) is 5.32 Å². The predicted octanol–water partition coefficient (Wildman–Crippen LogP) is 4.11. The fourth-order valence-electron chi connectivity index (χ4n) is 2.95. The van der Waals surface area contributed by atoms with E-state index in [1.165, 1.54) is 0 Å². The lowest BCUT2D eigenvalue weighted by atomic mass is 9.96. The Labute approximate surface area is 152 Å². The van der Waals surface area contributed by atoms with Crippen molar-refractivity contribution in [2.75, 3.05) is 31.5 Å². The van der Waals surface area contributed by atoms with Gasteiger partial charge in [-0.1, -0.05) is 29.3 Å². The van der Waals surface area contributed by atoms with Gasteiger partial charge in [0.2, 0.25) is 5.91 Å². The quantitative estimate of drug-likeness (QED) is 0.865. The Morgan fingerprint density at radius 3 is 2.67 bits per heavy atom. The highest BCUT2D eigenvalue weighted by Gasteiger charge is 2.30. The first-order valence-corrected chi connectivity index (χ1v) is 9.02. The monoisotopic (exact) mass is 371 g/mol. The highest BCUT2D eigenvalue weighted by atomic mass is 35.5. The van der Waals surface area contributed by atoms with Crippen LogP contribution in [0.4, 0.5) is 10.5 Å². The SMILES string of the molecule is CCN(CC)C(=O)C1CCCN(C(=O)Nc2cccc(Cl)c2Cl)C1. The third kappa shape index (κ3) is 4.33. The molecule has 0 spiro atoms. The molecule has 1 aliphatic rings. The number of nitrogens with one attached hydrogen (secondary N) is 1. The molecule has 5 nitrogen and oxygen atoms in total. The van der Waals surface area contributed by atoms with Crippen molar-refractivity contribution in [2.45, 2.75) is 26.7 Å². The van der Waals surface area contributed by atoms with Crippen molar-refractivity contribution in [1.82, 2.24) is 9.80 Å². The minimum absolute atomic E-state index is 0.123. The van der Waals surface area contributed by atoms with Crippen LogP contribution >= 0.6 is 23.2 Å². The second-order valence-electron chi connectivity index (χ2n) is 5.83. The summed E-state index contributed by atoms with van der Waals surface area (Å²) in [7, 11) is 0. The Hall–Kier alpha value is -1.46. The molecular formula is C17H23Cl2N3O2. The number of rotatable bonds is 4. The van der Waals surface area contributed by atoms with Gasteiger partial charge in [-0.25, -0.2) is 4.79 Å². The summed E-state index contributed by atoms with van der Waals surface area (Å²) >= 11 is 12.1. The zero-order valence-electron chi connectivity index (χ0n) is 14.0. The first-order valence-electron chi connectivity index (χ1n) is 8.26. The third-order valence-corrected chi connectivity index (χ3v) is 5.15. The van der Waals surface area contributed by atoms with E-state index in [9.17, 15) is 9.59 Å². The molecular weight excluding hydrogens is 349 g/mol.